The fraction of sp³-hybridized carbons (Fsp3) is 0.538. The van der Waals surface area contributed by atoms with Gasteiger partial charge < -0.3 is 14.8 Å². The molecule has 2 atom stereocenters. The van der Waals surface area contributed by atoms with Crippen LogP contribution in [0.5, 0.6) is 11.5 Å². The summed E-state index contributed by atoms with van der Waals surface area (Å²) in [6, 6.07) is 4.63. The van der Waals surface area contributed by atoms with Gasteiger partial charge in [-0.2, -0.15) is 0 Å². The molecule has 0 aromatic heterocycles. The molecule has 0 spiro atoms. The summed E-state index contributed by atoms with van der Waals surface area (Å²) in [6.45, 7) is 5.34. The van der Waals surface area contributed by atoms with Crippen molar-refractivity contribution in [2.24, 2.45) is 5.92 Å². The largest absolute Gasteiger partial charge is 0.454 e. The van der Waals surface area contributed by atoms with Crippen molar-refractivity contribution in [2.75, 3.05) is 19.9 Å². The van der Waals surface area contributed by atoms with Crippen LogP contribution in [0.15, 0.2) is 16.6 Å². The first-order chi connectivity index (χ1) is 9.24. The number of benzene rings is 1. The van der Waals surface area contributed by atoms with Gasteiger partial charge in [0.1, 0.15) is 0 Å². The van der Waals surface area contributed by atoms with Crippen LogP contribution in [-0.2, 0) is 6.54 Å². The van der Waals surface area contributed by atoms with Crippen molar-refractivity contribution in [3.8, 4) is 11.5 Å². The lowest BCUT2D eigenvalue weighted by atomic mass is 10.0. The van der Waals surface area contributed by atoms with Crippen molar-refractivity contribution in [3.05, 3.63) is 22.2 Å². The molecule has 0 radical (unpaired) electrons. The van der Waals surface area contributed by atoms with Crippen LogP contribution in [-0.4, -0.2) is 25.9 Å². The van der Waals surface area contributed by atoms with Gasteiger partial charge in [-0.15, -0.1) is 0 Å². The van der Waals surface area contributed by atoms with Crippen LogP contribution in [0.2, 0.25) is 0 Å². The molecule has 6 heteroatoms. The first-order valence-corrected chi connectivity index (χ1v) is 7.30. The molecule has 3 N–H and O–H groups in total. The fourth-order valence-electron chi connectivity index (χ4n) is 2.42. The van der Waals surface area contributed by atoms with Gasteiger partial charge in [-0.25, -0.2) is 0 Å². The van der Waals surface area contributed by atoms with E-state index >= 15 is 0 Å². The summed E-state index contributed by atoms with van der Waals surface area (Å²) in [5.74, 6) is 2.25. The van der Waals surface area contributed by atoms with E-state index < -0.39 is 0 Å². The lowest BCUT2D eigenvalue weighted by Crippen LogP contribution is -2.32. The van der Waals surface area contributed by atoms with Crippen molar-refractivity contribution in [1.82, 2.24) is 16.2 Å². The Morgan fingerprint density at radius 1 is 1.42 bits per heavy atom. The maximum absolute atomic E-state index is 5.42. The van der Waals surface area contributed by atoms with Crippen molar-refractivity contribution in [3.63, 3.8) is 0 Å². The minimum absolute atomic E-state index is 0.307. The van der Waals surface area contributed by atoms with Crippen LogP contribution in [0.25, 0.3) is 0 Å². The quantitative estimate of drug-likeness (QED) is 0.780. The van der Waals surface area contributed by atoms with Crippen molar-refractivity contribution in [1.29, 1.82) is 0 Å². The third-order valence-electron chi connectivity index (χ3n) is 3.62. The maximum Gasteiger partial charge on any atom is 0.231 e. The topological polar surface area (TPSA) is 54.5 Å². The molecular formula is C13H18BrN3O2. The van der Waals surface area contributed by atoms with Crippen LogP contribution in [0.1, 0.15) is 12.5 Å². The van der Waals surface area contributed by atoms with Gasteiger partial charge in [0.2, 0.25) is 6.79 Å². The number of rotatable bonds is 4. The molecule has 1 aromatic carbocycles. The lowest BCUT2D eigenvalue weighted by molar-refractivity contribution is 0.173. The van der Waals surface area contributed by atoms with Gasteiger partial charge in [0.15, 0.2) is 11.5 Å². The SMILES string of the molecule is CC1NNCC1CNCc1cc(Br)c2c(c1)OCO2. The molecule has 19 heavy (non-hydrogen) atoms. The highest BCUT2D eigenvalue weighted by molar-refractivity contribution is 9.10. The zero-order valence-corrected chi connectivity index (χ0v) is 12.4. The van der Waals surface area contributed by atoms with Crippen molar-refractivity contribution in [2.45, 2.75) is 19.5 Å². The highest BCUT2D eigenvalue weighted by atomic mass is 79.9. The van der Waals surface area contributed by atoms with Gasteiger partial charge in [0.25, 0.3) is 0 Å². The molecule has 104 valence electrons. The van der Waals surface area contributed by atoms with Gasteiger partial charge >= 0.3 is 0 Å². The van der Waals surface area contributed by atoms with Gasteiger partial charge in [-0.1, -0.05) is 0 Å². The zero-order valence-electron chi connectivity index (χ0n) is 10.8. The average Bonchev–Trinajstić information content (AvgIpc) is 2.99. The molecular weight excluding hydrogens is 310 g/mol. The van der Waals surface area contributed by atoms with Gasteiger partial charge in [-0.05, 0) is 40.5 Å². The average molecular weight is 328 g/mol. The molecule has 0 amide bonds. The van der Waals surface area contributed by atoms with Crippen molar-refractivity contribution < 1.29 is 9.47 Å². The molecule has 1 aromatic rings. The monoisotopic (exact) mass is 327 g/mol. The minimum Gasteiger partial charge on any atom is -0.454 e. The molecule has 1 saturated heterocycles. The molecule has 2 aliphatic heterocycles. The Kier molecular flexibility index (Phi) is 3.93. The summed E-state index contributed by atoms with van der Waals surface area (Å²) >= 11 is 3.51. The van der Waals surface area contributed by atoms with E-state index in [2.05, 4.69) is 45.1 Å². The van der Waals surface area contributed by atoms with E-state index in [-0.39, 0.29) is 0 Å². The Morgan fingerprint density at radius 3 is 3.11 bits per heavy atom. The maximum atomic E-state index is 5.42. The summed E-state index contributed by atoms with van der Waals surface area (Å²) in [7, 11) is 0. The first kappa shape index (κ1) is 13.2. The summed E-state index contributed by atoms with van der Waals surface area (Å²) < 4.78 is 11.8. The van der Waals surface area contributed by atoms with Crippen LogP contribution < -0.4 is 25.6 Å². The van der Waals surface area contributed by atoms with E-state index in [1.165, 1.54) is 5.56 Å². The Bertz CT molecular complexity index is 469. The smallest absolute Gasteiger partial charge is 0.231 e. The number of fused-ring (bicyclic) bond motifs is 1. The molecule has 2 heterocycles. The molecule has 2 unspecified atom stereocenters. The zero-order chi connectivity index (χ0) is 13.2. The van der Waals surface area contributed by atoms with Gasteiger partial charge in [0.05, 0.1) is 4.47 Å². The predicted octanol–water partition coefficient (Wildman–Crippen LogP) is 1.38. The first-order valence-electron chi connectivity index (χ1n) is 6.51. The van der Waals surface area contributed by atoms with E-state index in [9.17, 15) is 0 Å². The normalized spacial score (nSPS) is 24.9. The van der Waals surface area contributed by atoms with Gasteiger partial charge in [-0.3, -0.25) is 10.9 Å². The second-order valence-corrected chi connectivity index (χ2v) is 5.87. The Balaban J connectivity index is 1.57. The number of halogens is 1. The summed E-state index contributed by atoms with van der Waals surface area (Å²) in [5, 5.41) is 3.50. The molecule has 0 aliphatic carbocycles. The number of hydrogen-bond acceptors (Lipinski definition) is 5. The summed E-state index contributed by atoms with van der Waals surface area (Å²) in [4.78, 5) is 0. The number of nitrogens with one attached hydrogen (secondary N) is 3. The summed E-state index contributed by atoms with van der Waals surface area (Å²) in [6.07, 6.45) is 0. The third-order valence-corrected chi connectivity index (χ3v) is 4.21. The van der Waals surface area contributed by atoms with E-state index in [4.69, 9.17) is 9.47 Å². The lowest BCUT2D eigenvalue weighted by Gasteiger charge is -2.14. The number of ether oxygens (including phenoxy) is 2. The van der Waals surface area contributed by atoms with E-state index in [0.29, 0.717) is 18.8 Å². The standard InChI is InChI=1S/C13H18BrN3O2/c1-8-10(6-16-17-8)5-15-4-9-2-11(14)13-12(3-9)18-7-19-13/h2-3,8,10,15-17H,4-7H2,1H3. The molecule has 1 fully saturated rings. The number of hydrazine groups is 1. The molecule has 0 bridgehead atoms. The summed E-state index contributed by atoms with van der Waals surface area (Å²) in [5.41, 5.74) is 7.60. The fourth-order valence-corrected chi connectivity index (χ4v) is 3.02. The highest BCUT2D eigenvalue weighted by Gasteiger charge is 2.22. The Hall–Kier alpha value is -0.820. The highest BCUT2D eigenvalue weighted by Crippen LogP contribution is 2.39. The van der Waals surface area contributed by atoms with E-state index in [1.54, 1.807) is 0 Å². The second-order valence-electron chi connectivity index (χ2n) is 5.02. The van der Waals surface area contributed by atoms with Gasteiger partial charge in [0, 0.05) is 31.6 Å². The second kappa shape index (κ2) is 5.66. The van der Waals surface area contributed by atoms with E-state index in [1.807, 2.05) is 6.07 Å². The Morgan fingerprint density at radius 2 is 2.32 bits per heavy atom. The van der Waals surface area contributed by atoms with Crippen molar-refractivity contribution >= 4 is 15.9 Å². The predicted molar refractivity (Wildman–Crippen MR) is 76.1 cm³/mol. The molecule has 2 aliphatic rings. The number of hydrogen-bond donors (Lipinski definition) is 3. The third kappa shape index (κ3) is 2.86. The van der Waals surface area contributed by atoms with E-state index in [0.717, 1.165) is 35.6 Å². The van der Waals surface area contributed by atoms with Crippen LogP contribution in [0.3, 0.4) is 0 Å². The molecule has 5 nitrogen and oxygen atoms in total. The van der Waals surface area contributed by atoms with Crippen LogP contribution in [0.4, 0.5) is 0 Å². The van der Waals surface area contributed by atoms with Crippen LogP contribution >= 0.6 is 15.9 Å². The molecule has 3 rings (SSSR count). The van der Waals surface area contributed by atoms with Crippen LogP contribution in [0, 0.1) is 5.92 Å². The Labute approximate surface area is 121 Å². The minimum atomic E-state index is 0.307. The molecule has 0 saturated carbocycles.